The molecule has 1 saturated heterocycles. The third kappa shape index (κ3) is 1.89. The Bertz CT molecular complexity index is 563. The zero-order valence-electron chi connectivity index (χ0n) is 11.1. The van der Waals surface area contributed by atoms with Crippen molar-refractivity contribution in [3.63, 3.8) is 0 Å². The predicted octanol–water partition coefficient (Wildman–Crippen LogP) is 3.46. The molecule has 1 aliphatic heterocycles. The zero-order valence-corrected chi connectivity index (χ0v) is 11.1. The highest BCUT2D eigenvalue weighted by molar-refractivity contribution is 5.37. The molecule has 0 amide bonds. The van der Waals surface area contributed by atoms with Crippen molar-refractivity contribution in [3.8, 4) is 0 Å². The van der Waals surface area contributed by atoms with Gasteiger partial charge >= 0.3 is 0 Å². The largest absolute Gasteiger partial charge is 0.298 e. The summed E-state index contributed by atoms with van der Waals surface area (Å²) in [7, 11) is 0. The fourth-order valence-corrected chi connectivity index (χ4v) is 3.77. The molecule has 4 rings (SSSR count). The van der Waals surface area contributed by atoms with Gasteiger partial charge in [-0.1, -0.05) is 60.7 Å². The van der Waals surface area contributed by atoms with Gasteiger partial charge in [0, 0.05) is 25.0 Å². The second kappa shape index (κ2) is 4.21. The molecule has 2 unspecified atom stereocenters. The Hall–Kier alpha value is -1.60. The third-order valence-corrected chi connectivity index (χ3v) is 4.81. The average molecular weight is 249 g/mol. The van der Waals surface area contributed by atoms with E-state index < -0.39 is 0 Å². The van der Waals surface area contributed by atoms with Crippen molar-refractivity contribution in [2.24, 2.45) is 5.92 Å². The van der Waals surface area contributed by atoms with E-state index in [9.17, 15) is 0 Å². The number of hydrogen-bond acceptors (Lipinski definition) is 1. The van der Waals surface area contributed by atoms with E-state index in [0.29, 0.717) is 5.41 Å². The SMILES string of the molecule is c1ccc(CN2CC3CC3(c3ccccc3)C2)cc1. The topological polar surface area (TPSA) is 3.24 Å². The number of nitrogens with zero attached hydrogens (tertiary/aromatic N) is 1. The molecule has 2 fully saturated rings. The van der Waals surface area contributed by atoms with Crippen molar-refractivity contribution in [2.75, 3.05) is 13.1 Å². The van der Waals surface area contributed by atoms with E-state index in [0.717, 1.165) is 12.5 Å². The fourth-order valence-electron chi connectivity index (χ4n) is 3.77. The average Bonchev–Trinajstić information content (AvgIpc) is 3.04. The summed E-state index contributed by atoms with van der Waals surface area (Å²) >= 11 is 0. The number of benzene rings is 2. The highest BCUT2D eigenvalue weighted by Gasteiger charge is 2.60. The van der Waals surface area contributed by atoms with E-state index in [1.165, 1.54) is 25.1 Å². The Morgan fingerprint density at radius 1 is 0.947 bits per heavy atom. The van der Waals surface area contributed by atoms with Gasteiger partial charge in [-0.2, -0.15) is 0 Å². The van der Waals surface area contributed by atoms with Crippen molar-refractivity contribution in [1.82, 2.24) is 4.90 Å². The lowest BCUT2D eigenvalue weighted by atomic mass is 9.95. The summed E-state index contributed by atoms with van der Waals surface area (Å²) in [4.78, 5) is 2.62. The van der Waals surface area contributed by atoms with Crippen molar-refractivity contribution >= 4 is 0 Å². The Labute approximate surface area is 114 Å². The molecule has 2 atom stereocenters. The van der Waals surface area contributed by atoms with Crippen LogP contribution in [0, 0.1) is 5.92 Å². The lowest BCUT2D eigenvalue weighted by molar-refractivity contribution is 0.290. The molecule has 2 aliphatic rings. The Morgan fingerprint density at radius 3 is 2.37 bits per heavy atom. The van der Waals surface area contributed by atoms with Gasteiger partial charge in [0.2, 0.25) is 0 Å². The van der Waals surface area contributed by atoms with E-state index >= 15 is 0 Å². The first kappa shape index (κ1) is 11.2. The summed E-state index contributed by atoms with van der Waals surface area (Å²) in [6.45, 7) is 3.60. The number of hydrogen-bond donors (Lipinski definition) is 0. The highest BCUT2D eigenvalue weighted by atomic mass is 15.2. The molecule has 1 aliphatic carbocycles. The summed E-state index contributed by atoms with van der Waals surface area (Å²) in [6, 6.07) is 21.9. The van der Waals surface area contributed by atoms with Gasteiger partial charge in [-0.25, -0.2) is 0 Å². The van der Waals surface area contributed by atoms with Crippen LogP contribution < -0.4 is 0 Å². The molecule has 2 aromatic rings. The van der Waals surface area contributed by atoms with Gasteiger partial charge < -0.3 is 0 Å². The minimum atomic E-state index is 0.482. The molecule has 19 heavy (non-hydrogen) atoms. The second-order valence-corrected chi connectivity index (χ2v) is 6.08. The molecule has 1 heterocycles. The number of fused-ring (bicyclic) bond motifs is 1. The minimum Gasteiger partial charge on any atom is -0.298 e. The summed E-state index contributed by atoms with van der Waals surface area (Å²) in [5.41, 5.74) is 3.47. The van der Waals surface area contributed by atoms with Crippen LogP contribution in [0.15, 0.2) is 60.7 Å². The molecular weight excluding hydrogens is 230 g/mol. The fraction of sp³-hybridized carbons (Fsp3) is 0.333. The lowest BCUT2D eigenvalue weighted by Crippen LogP contribution is -2.26. The van der Waals surface area contributed by atoms with Crippen LogP contribution in [-0.2, 0) is 12.0 Å². The summed E-state index contributed by atoms with van der Waals surface area (Å²) in [6.07, 6.45) is 1.39. The molecule has 0 bridgehead atoms. The summed E-state index contributed by atoms with van der Waals surface area (Å²) < 4.78 is 0. The first-order chi connectivity index (χ1) is 9.37. The lowest BCUT2D eigenvalue weighted by Gasteiger charge is -2.21. The van der Waals surface area contributed by atoms with Crippen molar-refractivity contribution in [1.29, 1.82) is 0 Å². The van der Waals surface area contributed by atoms with Gasteiger partial charge in [0.05, 0.1) is 0 Å². The molecule has 0 N–H and O–H groups in total. The van der Waals surface area contributed by atoms with E-state index in [1.807, 2.05) is 0 Å². The van der Waals surface area contributed by atoms with Crippen LogP contribution in [0.4, 0.5) is 0 Å². The maximum Gasteiger partial charge on any atom is 0.0234 e. The van der Waals surface area contributed by atoms with Gasteiger partial charge in [0.25, 0.3) is 0 Å². The van der Waals surface area contributed by atoms with Crippen LogP contribution in [0.2, 0.25) is 0 Å². The Morgan fingerprint density at radius 2 is 1.63 bits per heavy atom. The molecule has 2 aromatic carbocycles. The first-order valence-electron chi connectivity index (χ1n) is 7.19. The van der Waals surface area contributed by atoms with Crippen LogP contribution in [0.3, 0.4) is 0 Å². The van der Waals surface area contributed by atoms with E-state index in [-0.39, 0.29) is 0 Å². The quantitative estimate of drug-likeness (QED) is 0.805. The molecule has 1 heteroatoms. The van der Waals surface area contributed by atoms with Gasteiger partial charge in [-0.3, -0.25) is 4.90 Å². The Balaban J connectivity index is 1.50. The molecule has 96 valence electrons. The molecule has 1 nitrogen and oxygen atoms in total. The first-order valence-corrected chi connectivity index (χ1v) is 7.19. The zero-order chi connectivity index (χ0) is 12.7. The summed E-state index contributed by atoms with van der Waals surface area (Å²) in [5, 5.41) is 0. The van der Waals surface area contributed by atoms with Gasteiger partial charge in [0.1, 0.15) is 0 Å². The maximum atomic E-state index is 2.62. The van der Waals surface area contributed by atoms with Crippen molar-refractivity contribution in [2.45, 2.75) is 18.4 Å². The maximum absolute atomic E-state index is 2.62. The highest BCUT2D eigenvalue weighted by Crippen LogP contribution is 2.59. The smallest absolute Gasteiger partial charge is 0.0234 e. The molecule has 1 saturated carbocycles. The number of likely N-dealkylation sites (tertiary alicyclic amines) is 1. The van der Waals surface area contributed by atoms with Gasteiger partial charge in [-0.15, -0.1) is 0 Å². The predicted molar refractivity (Wildman–Crippen MR) is 77.9 cm³/mol. The van der Waals surface area contributed by atoms with Crippen LogP contribution >= 0.6 is 0 Å². The van der Waals surface area contributed by atoms with Crippen LogP contribution in [0.25, 0.3) is 0 Å². The third-order valence-electron chi connectivity index (χ3n) is 4.81. The molecule has 0 aromatic heterocycles. The van der Waals surface area contributed by atoms with Crippen LogP contribution in [0.5, 0.6) is 0 Å². The minimum absolute atomic E-state index is 0.482. The molecule has 0 radical (unpaired) electrons. The van der Waals surface area contributed by atoms with E-state index in [2.05, 4.69) is 65.6 Å². The van der Waals surface area contributed by atoms with E-state index in [1.54, 1.807) is 5.56 Å². The molecule has 0 spiro atoms. The van der Waals surface area contributed by atoms with Crippen LogP contribution in [-0.4, -0.2) is 18.0 Å². The normalized spacial score (nSPS) is 29.2. The van der Waals surface area contributed by atoms with Crippen molar-refractivity contribution < 1.29 is 0 Å². The van der Waals surface area contributed by atoms with Gasteiger partial charge in [0.15, 0.2) is 0 Å². The molecular formula is C18H19N. The number of rotatable bonds is 3. The van der Waals surface area contributed by atoms with E-state index in [4.69, 9.17) is 0 Å². The number of piperidine rings is 1. The van der Waals surface area contributed by atoms with Crippen LogP contribution in [0.1, 0.15) is 17.5 Å². The summed E-state index contributed by atoms with van der Waals surface area (Å²) in [5.74, 6) is 0.888. The second-order valence-electron chi connectivity index (χ2n) is 6.08. The Kier molecular flexibility index (Phi) is 2.49. The van der Waals surface area contributed by atoms with Crippen molar-refractivity contribution in [3.05, 3.63) is 71.8 Å². The van der Waals surface area contributed by atoms with Gasteiger partial charge in [-0.05, 0) is 23.5 Å². The monoisotopic (exact) mass is 249 g/mol. The standard InChI is InChI=1S/C18H19N/c1-3-7-15(8-4-1)12-19-13-17-11-18(17,14-19)16-9-5-2-6-10-16/h1-10,17H,11-14H2.